The highest BCUT2D eigenvalue weighted by atomic mass is 19.4. The number of alkyl halides is 3. The van der Waals surface area contributed by atoms with Gasteiger partial charge in [0.2, 0.25) is 5.88 Å². The van der Waals surface area contributed by atoms with Gasteiger partial charge in [-0.25, -0.2) is 4.98 Å². The van der Waals surface area contributed by atoms with E-state index < -0.39 is 11.7 Å². The van der Waals surface area contributed by atoms with Crippen molar-refractivity contribution in [1.29, 1.82) is 0 Å². The first-order valence-corrected chi connectivity index (χ1v) is 4.37. The summed E-state index contributed by atoms with van der Waals surface area (Å²) in [5, 5.41) is 0. The summed E-state index contributed by atoms with van der Waals surface area (Å²) < 4.78 is 42.1. The van der Waals surface area contributed by atoms with Gasteiger partial charge in [-0.3, -0.25) is 0 Å². The van der Waals surface area contributed by atoms with Crippen LogP contribution in [0.1, 0.15) is 18.1 Å². The van der Waals surface area contributed by atoms with Gasteiger partial charge in [-0.2, -0.15) is 13.2 Å². The van der Waals surface area contributed by atoms with Gasteiger partial charge in [0.15, 0.2) is 0 Å². The second-order valence-corrected chi connectivity index (χ2v) is 3.01. The normalized spacial score (nSPS) is 11.5. The Labute approximate surface area is 86.1 Å². The summed E-state index contributed by atoms with van der Waals surface area (Å²) in [6.45, 7) is 1.78. The Kier molecular flexibility index (Phi) is 3.55. The fourth-order valence-corrected chi connectivity index (χ4v) is 1.21. The second-order valence-electron chi connectivity index (χ2n) is 3.01. The van der Waals surface area contributed by atoms with Crippen molar-refractivity contribution in [3.05, 3.63) is 29.8 Å². The Balaban J connectivity index is 3.13. The van der Waals surface area contributed by atoms with Crippen LogP contribution in [0.3, 0.4) is 0 Å². The maximum Gasteiger partial charge on any atom is 0.421 e. The topological polar surface area (TPSA) is 22.1 Å². The monoisotopic (exact) mass is 218 g/mol. The van der Waals surface area contributed by atoms with Crippen LogP contribution in [0.4, 0.5) is 13.2 Å². The number of pyridine rings is 1. The predicted molar refractivity (Wildman–Crippen MR) is 49.5 cm³/mol. The zero-order valence-electron chi connectivity index (χ0n) is 8.43. The zero-order valence-corrected chi connectivity index (χ0v) is 8.43. The number of nitrogens with zero attached hydrogens (tertiary/aromatic N) is 1. The Bertz CT molecular complexity index is 336. The molecule has 2 nitrogen and oxygen atoms in total. The summed E-state index contributed by atoms with van der Waals surface area (Å²) in [4.78, 5) is 3.62. The molecule has 0 fully saturated rings. The molecule has 83 valence electrons. The van der Waals surface area contributed by atoms with Crippen molar-refractivity contribution in [2.75, 3.05) is 7.11 Å². The lowest BCUT2D eigenvalue weighted by Gasteiger charge is -2.11. The van der Waals surface area contributed by atoms with Crippen molar-refractivity contribution in [3.8, 4) is 5.88 Å². The van der Waals surface area contributed by atoms with E-state index in [1.54, 1.807) is 13.3 Å². The number of hydrogen-bond acceptors (Lipinski definition) is 2. The van der Waals surface area contributed by atoms with Crippen LogP contribution in [0.2, 0.25) is 0 Å². The molecule has 15 heavy (non-hydrogen) atoms. The van der Waals surface area contributed by atoms with Crippen molar-refractivity contribution in [1.82, 2.24) is 4.98 Å². The smallest absolute Gasteiger partial charge is 0.421 e. The molecule has 1 aromatic heterocycles. The van der Waals surface area contributed by atoms with Crippen molar-refractivity contribution >= 4 is 0 Å². The molecular formula is C10H11F3NO. The van der Waals surface area contributed by atoms with Crippen LogP contribution in [0.25, 0.3) is 0 Å². The molecule has 0 atom stereocenters. The van der Waals surface area contributed by atoms with Gasteiger partial charge in [0, 0.05) is 6.20 Å². The summed E-state index contributed by atoms with van der Waals surface area (Å²) >= 11 is 0. The Morgan fingerprint density at radius 2 is 2.13 bits per heavy atom. The summed E-state index contributed by atoms with van der Waals surface area (Å²) in [7, 11) is 1.17. The fraction of sp³-hybridized carbons (Fsp3) is 0.400. The van der Waals surface area contributed by atoms with Gasteiger partial charge < -0.3 is 4.74 Å². The average molecular weight is 218 g/mol. The Morgan fingerprint density at radius 3 is 2.60 bits per heavy atom. The Hall–Kier alpha value is -1.26. The van der Waals surface area contributed by atoms with Crippen molar-refractivity contribution in [2.45, 2.75) is 19.5 Å². The van der Waals surface area contributed by atoms with E-state index in [0.717, 1.165) is 6.07 Å². The molecule has 0 bridgehead atoms. The highest BCUT2D eigenvalue weighted by Gasteiger charge is 2.35. The van der Waals surface area contributed by atoms with Crippen LogP contribution in [0, 0.1) is 6.42 Å². The van der Waals surface area contributed by atoms with E-state index in [1.807, 2.05) is 0 Å². The number of hydrogen-bond donors (Lipinski definition) is 0. The minimum absolute atomic E-state index is 0.387. The molecule has 0 saturated heterocycles. The third-order valence-corrected chi connectivity index (χ3v) is 1.85. The third kappa shape index (κ3) is 2.84. The zero-order chi connectivity index (χ0) is 11.5. The molecule has 0 N–H and O–H groups in total. The fourth-order valence-electron chi connectivity index (χ4n) is 1.21. The Morgan fingerprint density at radius 1 is 1.47 bits per heavy atom. The largest absolute Gasteiger partial charge is 0.481 e. The molecule has 0 unspecified atom stereocenters. The molecule has 0 amide bonds. The lowest BCUT2D eigenvalue weighted by Crippen LogP contribution is -2.09. The van der Waals surface area contributed by atoms with E-state index in [0.29, 0.717) is 12.0 Å². The maximum absolute atomic E-state index is 12.5. The first-order valence-electron chi connectivity index (χ1n) is 4.37. The van der Waals surface area contributed by atoms with Crippen molar-refractivity contribution in [3.63, 3.8) is 0 Å². The van der Waals surface area contributed by atoms with E-state index in [4.69, 9.17) is 0 Å². The molecule has 1 rings (SSSR count). The first-order chi connectivity index (χ1) is 6.99. The van der Waals surface area contributed by atoms with E-state index in [2.05, 4.69) is 9.72 Å². The van der Waals surface area contributed by atoms with Crippen LogP contribution >= 0.6 is 0 Å². The van der Waals surface area contributed by atoms with E-state index in [9.17, 15) is 13.2 Å². The number of ether oxygens (including phenoxy) is 1. The van der Waals surface area contributed by atoms with E-state index in [-0.39, 0.29) is 5.88 Å². The van der Waals surface area contributed by atoms with Gasteiger partial charge in [-0.15, -0.1) is 0 Å². The molecule has 1 aromatic rings. The molecule has 0 saturated carbocycles. The standard InChI is InChI=1S/C10H11F3NO/c1-3-4-7-5-8(10(11,12)13)9(15-2)14-6-7/h3,5-6H,4H2,1-2H3. The first kappa shape index (κ1) is 11.8. The van der Waals surface area contributed by atoms with Gasteiger partial charge in [-0.1, -0.05) is 6.92 Å². The lowest BCUT2D eigenvalue weighted by atomic mass is 10.1. The molecule has 0 aromatic carbocycles. The summed E-state index contributed by atoms with van der Waals surface area (Å²) in [6, 6.07) is 1.06. The van der Waals surface area contributed by atoms with E-state index in [1.165, 1.54) is 13.3 Å². The average Bonchev–Trinajstić information content (AvgIpc) is 2.17. The quantitative estimate of drug-likeness (QED) is 0.778. The lowest BCUT2D eigenvalue weighted by molar-refractivity contribution is -0.139. The summed E-state index contributed by atoms with van der Waals surface area (Å²) in [5.74, 6) is -0.387. The molecular weight excluding hydrogens is 207 g/mol. The van der Waals surface area contributed by atoms with Gasteiger partial charge >= 0.3 is 6.18 Å². The molecule has 1 radical (unpaired) electrons. The second kappa shape index (κ2) is 4.51. The van der Waals surface area contributed by atoms with Gasteiger partial charge in [0.05, 0.1) is 7.11 Å². The van der Waals surface area contributed by atoms with Crippen LogP contribution in [0.5, 0.6) is 5.88 Å². The van der Waals surface area contributed by atoms with Crippen LogP contribution in [-0.4, -0.2) is 12.1 Å². The molecule has 0 aliphatic heterocycles. The van der Waals surface area contributed by atoms with Gasteiger partial charge in [-0.05, 0) is 24.5 Å². The van der Waals surface area contributed by atoms with Crippen LogP contribution in [-0.2, 0) is 12.6 Å². The predicted octanol–water partition coefficient (Wildman–Crippen LogP) is 2.88. The number of halogens is 3. The minimum atomic E-state index is -4.43. The van der Waals surface area contributed by atoms with Crippen molar-refractivity contribution < 1.29 is 17.9 Å². The number of methoxy groups -OCH3 is 1. The molecule has 0 aliphatic rings. The highest BCUT2D eigenvalue weighted by Crippen LogP contribution is 2.35. The van der Waals surface area contributed by atoms with Gasteiger partial charge in [0.25, 0.3) is 0 Å². The summed E-state index contributed by atoms with van der Waals surface area (Å²) in [5.41, 5.74) is -0.310. The van der Waals surface area contributed by atoms with Crippen LogP contribution in [0.15, 0.2) is 12.3 Å². The van der Waals surface area contributed by atoms with Gasteiger partial charge in [0.1, 0.15) is 5.56 Å². The SMILES string of the molecule is C[CH]Cc1cnc(OC)c(C(F)(F)F)c1. The van der Waals surface area contributed by atoms with Crippen molar-refractivity contribution in [2.24, 2.45) is 0 Å². The molecule has 5 heteroatoms. The van der Waals surface area contributed by atoms with E-state index >= 15 is 0 Å². The molecule has 0 aliphatic carbocycles. The molecule has 0 spiro atoms. The number of aromatic nitrogens is 1. The van der Waals surface area contributed by atoms with Crippen LogP contribution < -0.4 is 4.74 Å². The third-order valence-electron chi connectivity index (χ3n) is 1.85. The minimum Gasteiger partial charge on any atom is -0.481 e. The summed E-state index contributed by atoms with van der Waals surface area (Å²) in [6.07, 6.45) is -0.820. The highest BCUT2D eigenvalue weighted by molar-refractivity contribution is 5.32. The molecule has 1 heterocycles. The number of rotatable bonds is 3. The maximum atomic E-state index is 12.5.